The highest BCUT2D eigenvalue weighted by molar-refractivity contribution is 7.77. The van der Waals surface area contributed by atoms with Crippen LogP contribution in [-0.4, -0.2) is 23.2 Å². The molecule has 0 amide bonds. The Bertz CT molecular complexity index is 316. The summed E-state index contributed by atoms with van der Waals surface area (Å²) < 4.78 is 20.2. The van der Waals surface area contributed by atoms with E-state index in [1.165, 1.54) is 6.20 Å². The van der Waals surface area contributed by atoms with Crippen LogP contribution in [0, 0.1) is 5.41 Å². The van der Waals surface area contributed by atoms with E-state index in [-0.39, 0.29) is 5.41 Å². The topological polar surface area (TPSA) is 68.0 Å². The molecule has 0 saturated heterocycles. The Morgan fingerprint density at radius 3 is 2.62 bits per heavy atom. The summed E-state index contributed by atoms with van der Waals surface area (Å²) in [7, 11) is 0. The van der Waals surface area contributed by atoms with Crippen molar-refractivity contribution in [2.24, 2.45) is 5.41 Å². The van der Waals surface area contributed by atoms with E-state index in [0.717, 1.165) is 16.2 Å². The maximum absolute atomic E-state index is 10.6. The van der Waals surface area contributed by atoms with Crippen LogP contribution in [0.1, 0.15) is 26.5 Å². The molecule has 6 heteroatoms. The van der Waals surface area contributed by atoms with Crippen LogP contribution < -0.4 is 0 Å². The fourth-order valence-corrected chi connectivity index (χ4v) is 1.29. The third-order valence-corrected chi connectivity index (χ3v) is 1.89. The van der Waals surface area contributed by atoms with E-state index < -0.39 is 11.3 Å². The lowest BCUT2D eigenvalue weighted by Crippen LogP contribution is -2.09. The summed E-state index contributed by atoms with van der Waals surface area (Å²) in [5.41, 5.74) is 0.840. The van der Waals surface area contributed by atoms with Gasteiger partial charge in [0, 0.05) is 0 Å². The normalized spacial score (nSPS) is 14.5. The molecule has 1 heterocycles. The van der Waals surface area contributed by atoms with E-state index in [2.05, 4.69) is 31.1 Å². The number of hydrogen-bond acceptors (Lipinski definition) is 3. The van der Waals surface area contributed by atoms with Crippen LogP contribution in [0.2, 0.25) is 0 Å². The van der Waals surface area contributed by atoms with Crippen molar-refractivity contribution in [3.05, 3.63) is 11.9 Å². The molecular formula is C7H13N3O2S. The second-order valence-electron chi connectivity index (χ2n) is 4.08. The van der Waals surface area contributed by atoms with Crippen LogP contribution in [0.15, 0.2) is 6.20 Å². The van der Waals surface area contributed by atoms with Crippen molar-refractivity contribution in [2.75, 3.05) is 0 Å². The summed E-state index contributed by atoms with van der Waals surface area (Å²) in [4.78, 5) is 0. The number of nitrogens with zero attached hydrogens (tertiary/aromatic N) is 3. The minimum Gasteiger partial charge on any atom is -0.288 e. The van der Waals surface area contributed by atoms with E-state index in [0.29, 0.717) is 0 Å². The van der Waals surface area contributed by atoms with Crippen LogP contribution >= 0.6 is 0 Å². The molecule has 0 aromatic carbocycles. The molecule has 0 bridgehead atoms. The van der Waals surface area contributed by atoms with Crippen LogP contribution in [0.25, 0.3) is 0 Å². The van der Waals surface area contributed by atoms with E-state index in [4.69, 9.17) is 4.55 Å². The zero-order valence-corrected chi connectivity index (χ0v) is 8.71. The summed E-state index contributed by atoms with van der Waals surface area (Å²) in [6, 6.07) is 0. The monoisotopic (exact) mass is 203 g/mol. The summed E-state index contributed by atoms with van der Waals surface area (Å²) >= 11 is -2.09. The number of rotatable bonds is 2. The van der Waals surface area contributed by atoms with Gasteiger partial charge in [0.2, 0.25) is 0 Å². The molecule has 0 saturated carbocycles. The molecule has 74 valence electrons. The van der Waals surface area contributed by atoms with Crippen molar-refractivity contribution in [3.63, 3.8) is 0 Å². The predicted molar refractivity (Wildman–Crippen MR) is 49.4 cm³/mol. The lowest BCUT2D eigenvalue weighted by atomic mass is 9.91. The number of hydrogen-bond donors (Lipinski definition) is 1. The fourth-order valence-electron chi connectivity index (χ4n) is 0.981. The lowest BCUT2D eigenvalue weighted by molar-refractivity contribution is 0.406. The second-order valence-corrected chi connectivity index (χ2v) is 4.92. The van der Waals surface area contributed by atoms with Gasteiger partial charge >= 0.3 is 0 Å². The third-order valence-electron chi connectivity index (χ3n) is 1.39. The van der Waals surface area contributed by atoms with Gasteiger partial charge in [-0.05, 0) is 11.8 Å². The minimum atomic E-state index is -2.09. The SMILES string of the molecule is CC(C)(C)Cc1cn(S(=O)O)nn1. The van der Waals surface area contributed by atoms with Crippen molar-refractivity contribution in [1.82, 2.24) is 14.4 Å². The van der Waals surface area contributed by atoms with Crippen molar-refractivity contribution in [2.45, 2.75) is 27.2 Å². The molecule has 1 aromatic heterocycles. The zero-order chi connectivity index (χ0) is 10.1. The molecule has 0 aliphatic carbocycles. The van der Waals surface area contributed by atoms with Gasteiger partial charge in [0.1, 0.15) is 0 Å². The van der Waals surface area contributed by atoms with Gasteiger partial charge in [-0.2, -0.15) is 0 Å². The lowest BCUT2D eigenvalue weighted by Gasteiger charge is -2.14. The molecule has 0 aliphatic rings. The average Bonchev–Trinajstić information content (AvgIpc) is 2.31. The van der Waals surface area contributed by atoms with Crippen molar-refractivity contribution < 1.29 is 8.76 Å². The Kier molecular flexibility index (Phi) is 2.82. The molecule has 1 aromatic rings. The smallest absolute Gasteiger partial charge is 0.284 e. The highest BCUT2D eigenvalue weighted by Crippen LogP contribution is 2.18. The van der Waals surface area contributed by atoms with Gasteiger partial charge in [0.25, 0.3) is 11.3 Å². The van der Waals surface area contributed by atoms with Crippen LogP contribution in [-0.2, 0) is 17.7 Å². The van der Waals surface area contributed by atoms with Crippen molar-refractivity contribution in [3.8, 4) is 0 Å². The Morgan fingerprint density at radius 2 is 2.23 bits per heavy atom. The molecule has 5 nitrogen and oxygen atoms in total. The second kappa shape index (κ2) is 3.55. The first-order valence-electron chi connectivity index (χ1n) is 3.91. The standard InChI is InChI=1S/C7H13N3O2S/c1-7(2,3)4-6-5-10(9-8-6)13(11)12/h5H,4H2,1-3H3,(H,11,12). The predicted octanol–water partition coefficient (Wildman–Crippen LogP) is 0.851. The van der Waals surface area contributed by atoms with E-state index in [1.807, 2.05) is 0 Å². The Morgan fingerprint density at radius 1 is 1.62 bits per heavy atom. The van der Waals surface area contributed by atoms with Gasteiger partial charge in [-0.1, -0.05) is 26.0 Å². The Hall–Kier alpha value is -0.750. The zero-order valence-electron chi connectivity index (χ0n) is 7.89. The van der Waals surface area contributed by atoms with Crippen LogP contribution in [0.3, 0.4) is 0 Å². The van der Waals surface area contributed by atoms with Gasteiger partial charge in [-0.3, -0.25) is 4.55 Å². The first kappa shape index (κ1) is 10.3. The third kappa shape index (κ3) is 3.23. The Labute approximate surface area is 79.6 Å². The van der Waals surface area contributed by atoms with Gasteiger partial charge in [-0.25, -0.2) is 4.21 Å². The molecular weight excluding hydrogens is 190 g/mol. The molecule has 1 N–H and O–H groups in total. The summed E-state index contributed by atoms with van der Waals surface area (Å²) in [5.74, 6) is 0. The molecule has 1 rings (SSSR count). The van der Waals surface area contributed by atoms with E-state index >= 15 is 0 Å². The largest absolute Gasteiger partial charge is 0.288 e. The highest BCUT2D eigenvalue weighted by atomic mass is 32.2. The molecule has 0 radical (unpaired) electrons. The molecule has 0 fully saturated rings. The van der Waals surface area contributed by atoms with Gasteiger partial charge < -0.3 is 0 Å². The number of aromatic nitrogens is 3. The maximum Gasteiger partial charge on any atom is 0.284 e. The highest BCUT2D eigenvalue weighted by Gasteiger charge is 2.14. The fraction of sp³-hybridized carbons (Fsp3) is 0.714. The van der Waals surface area contributed by atoms with Gasteiger partial charge in [0.15, 0.2) is 0 Å². The van der Waals surface area contributed by atoms with Crippen LogP contribution in [0.5, 0.6) is 0 Å². The molecule has 1 atom stereocenters. The van der Waals surface area contributed by atoms with Crippen molar-refractivity contribution >= 4 is 11.3 Å². The van der Waals surface area contributed by atoms with E-state index in [1.54, 1.807) is 0 Å². The van der Waals surface area contributed by atoms with Crippen LogP contribution in [0.4, 0.5) is 0 Å². The minimum absolute atomic E-state index is 0.109. The molecule has 0 aliphatic heterocycles. The quantitative estimate of drug-likeness (QED) is 0.723. The first-order chi connectivity index (χ1) is 5.88. The Balaban J connectivity index is 2.75. The molecule has 0 spiro atoms. The molecule has 13 heavy (non-hydrogen) atoms. The van der Waals surface area contributed by atoms with Gasteiger partial charge in [-0.15, -0.1) is 9.19 Å². The summed E-state index contributed by atoms with van der Waals surface area (Å²) in [5, 5.41) is 7.30. The summed E-state index contributed by atoms with van der Waals surface area (Å²) in [6.07, 6.45) is 2.23. The van der Waals surface area contributed by atoms with Crippen molar-refractivity contribution in [1.29, 1.82) is 0 Å². The maximum atomic E-state index is 10.6. The average molecular weight is 203 g/mol. The van der Waals surface area contributed by atoms with E-state index in [9.17, 15) is 4.21 Å². The summed E-state index contributed by atoms with van der Waals surface area (Å²) in [6.45, 7) is 6.21. The molecule has 1 unspecified atom stereocenters. The first-order valence-corrected chi connectivity index (χ1v) is 4.97. The van der Waals surface area contributed by atoms with Gasteiger partial charge in [0.05, 0.1) is 11.9 Å².